The van der Waals surface area contributed by atoms with Gasteiger partial charge in [-0.25, -0.2) is 4.39 Å². The van der Waals surface area contributed by atoms with E-state index in [-0.39, 0.29) is 23.2 Å². The van der Waals surface area contributed by atoms with Crippen molar-refractivity contribution in [2.45, 2.75) is 12.7 Å². The molecule has 2 aromatic carbocycles. The normalized spacial score (nSPS) is 14.8. The first-order chi connectivity index (χ1) is 15.7. The number of hydrogen-bond donors (Lipinski definition) is 1. The van der Waals surface area contributed by atoms with Gasteiger partial charge in [0.05, 0.1) is 11.5 Å². The van der Waals surface area contributed by atoms with Gasteiger partial charge in [-0.3, -0.25) is 9.69 Å². The van der Waals surface area contributed by atoms with Crippen LogP contribution in [0.15, 0.2) is 47.0 Å². The van der Waals surface area contributed by atoms with Gasteiger partial charge in [0.2, 0.25) is 5.82 Å². The first kappa shape index (κ1) is 22.7. The number of likely N-dealkylation sites (tertiary alicyclic amines) is 1. The monoisotopic (exact) mass is 465 g/mol. The Bertz CT molecular complexity index is 1130. The van der Waals surface area contributed by atoms with E-state index < -0.39 is 36.7 Å². The summed E-state index contributed by atoms with van der Waals surface area (Å²) in [7, 11) is 0. The van der Waals surface area contributed by atoms with Crippen molar-refractivity contribution in [3.8, 4) is 28.6 Å². The maximum absolute atomic E-state index is 13.4. The summed E-state index contributed by atoms with van der Waals surface area (Å²) in [6.45, 7) is 0.219. The van der Waals surface area contributed by atoms with Crippen LogP contribution in [0.3, 0.4) is 0 Å². The molecule has 7 nitrogen and oxygen atoms in total. The number of hydrogen-bond acceptors (Lipinski definition) is 6. The first-order valence-electron chi connectivity index (χ1n) is 10.0. The van der Waals surface area contributed by atoms with Gasteiger partial charge in [0, 0.05) is 30.8 Å². The van der Waals surface area contributed by atoms with E-state index in [0.717, 1.165) is 17.7 Å². The molecule has 2 heterocycles. The molecule has 0 radical (unpaired) electrons. The number of carboxylic acid groups (broad SMARTS) is 1. The molecule has 0 bridgehead atoms. The fourth-order valence-electron chi connectivity index (χ4n) is 3.49. The summed E-state index contributed by atoms with van der Waals surface area (Å²) in [5.74, 6) is -1.49. The molecule has 11 heteroatoms. The predicted molar refractivity (Wildman–Crippen MR) is 108 cm³/mol. The van der Waals surface area contributed by atoms with E-state index in [0.29, 0.717) is 25.2 Å². The number of ether oxygens (including phenoxy) is 1. The molecule has 4 rings (SSSR count). The van der Waals surface area contributed by atoms with Gasteiger partial charge in [-0.1, -0.05) is 29.4 Å². The molecule has 3 aromatic rings. The first-order valence-corrected chi connectivity index (χ1v) is 10.0. The van der Waals surface area contributed by atoms with Gasteiger partial charge >= 0.3 is 12.1 Å². The summed E-state index contributed by atoms with van der Waals surface area (Å²) in [6.07, 6.45) is -4.71. The minimum Gasteiger partial charge on any atom is -0.490 e. The Balaban J connectivity index is 1.48. The van der Waals surface area contributed by atoms with E-state index in [1.54, 1.807) is 12.1 Å². The maximum Gasteiger partial charge on any atom is 0.419 e. The molecule has 1 aromatic heterocycles. The van der Waals surface area contributed by atoms with E-state index in [1.807, 2.05) is 17.0 Å². The molecule has 1 N–H and O–H groups in total. The summed E-state index contributed by atoms with van der Waals surface area (Å²) in [5, 5.41) is 12.8. The van der Waals surface area contributed by atoms with Gasteiger partial charge in [0.1, 0.15) is 19.0 Å². The smallest absolute Gasteiger partial charge is 0.419 e. The number of benzene rings is 2. The second-order valence-electron chi connectivity index (χ2n) is 7.60. The minimum absolute atomic E-state index is 0.0519. The standard InChI is InChI=1S/C22H19F4N3O4/c23-7-8-32-18-6-5-15(9-17(18)22(24,25)26)20-27-19(28-33-20)14-3-1-13(2-4-14)10-29-11-16(12-29)21(30)31/h1-6,9,16H,7-8,10-12H2,(H,30,31). The Morgan fingerprint density at radius 1 is 1.15 bits per heavy atom. The number of nitrogens with zero attached hydrogens (tertiary/aromatic N) is 3. The topological polar surface area (TPSA) is 88.7 Å². The highest BCUT2D eigenvalue weighted by atomic mass is 19.4. The molecule has 0 unspecified atom stereocenters. The Morgan fingerprint density at radius 2 is 1.85 bits per heavy atom. The molecule has 1 aliphatic heterocycles. The molecule has 0 amide bonds. The van der Waals surface area contributed by atoms with Crippen molar-refractivity contribution in [3.63, 3.8) is 0 Å². The van der Waals surface area contributed by atoms with E-state index in [2.05, 4.69) is 10.1 Å². The van der Waals surface area contributed by atoms with Gasteiger partial charge < -0.3 is 14.4 Å². The van der Waals surface area contributed by atoms with E-state index in [9.17, 15) is 22.4 Å². The predicted octanol–water partition coefficient (Wildman–Crippen LogP) is 4.29. The summed E-state index contributed by atoms with van der Waals surface area (Å²) >= 11 is 0. The van der Waals surface area contributed by atoms with Crippen LogP contribution in [0.25, 0.3) is 22.8 Å². The molecular weight excluding hydrogens is 446 g/mol. The van der Waals surface area contributed by atoms with Crippen LogP contribution < -0.4 is 4.74 Å². The lowest BCUT2D eigenvalue weighted by Gasteiger charge is -2.36. The lowest BCUT2D eigenvalue weighted by Crippen LogP contribution is -2.49. The third-order valence-electron chi connectivity index (χ3n) is 5.22. The lowest BCUT2D eigenvalue weighted by atomic mass is 9.99. The third kappa shape index (κ3) is 5.14. The van der Waals surface area contributed by atoms with E-state index in [1.165, 1.54) is 6.07 Å². The van der Waals surface area contributed by atoms with Gasteiger partial charge in [0.15, 0.2) is 0 Å². The van der Waals surface area contributed by atoms with Crippen LogP contribution in [0, 0.1) is 5.92 Å². The minimum atomic E-state index is -4.71. The highest BCUT2D eigenvalue weighted by Crippen LogP contribution is 2.38. The molecule has 0 saturated carbocycles. The fraction of sp³-hybridized carbons (Fsp3) is 0.318. The van der Waals surface area contributed by atoms with Crippen LogP contribution in [-0.2, 0) is 17.5 Å². The van der Waals surface area contributed by atoms with Gasteiger partial charge in [-0.15, -0.1) is 0 Å². The van der Waals surface area contributed by atoms with Gasteiger partial charge in [-0.05, 0) is 23.8 Å². The zero-order chi connectivity index (χ0) is 23.6. The molecule has 0 atom stereocenters. The number of halogens is 4. The summed E-state index contributed by atoms with van der Waals surface area (Å²) in [6, 6.07) is 10.5. The van der Waals surface area contributed by atoms with Crippen LogP contribution in [0.2, 0.25) is 0 Å². The molecule has 1 fully saturated rings. The molecule has 1 saturated heterocycles. The number of aliphatic carboxylic acids is 1. The third-order valence-corrected chi connectivity index (χ3v) is 5.22. The molecule has 0 spiro atoms. The Labute approximate surface area is 185 Å². The van der Waals surface area contributed by atoms with Crippen molar-refractivity contribution in [1.29, 1.82) is 0 Å². The van der Waals surface area contributed by atoms with Crippen molar-refractivity contribution in [2.24, 2.45) is 5.92 Å². The van der Waals surface area contributed by atoms with Crippen LogP contribution in [0.4, 0.5) is 17.6 Å². The van der Waals surface area contributed by atoms with Crippen molar-refractivity contribution >= 4 is 5.97 Å². The Morgan fingerprint density at radius 3 is 2.48 bits per heavy atom. The summed E-state index contributed by atoms with van der Waals surface area (Å²) < 4.78 is 62.5. The summed E-state index contributed by atoms with van der Waals surface area (Å²) in [4.78, 5) is 17.1. The van der Waals surface area contributed by atoms with Crippen LogP contribution >= 0.6 is 0 Å². The number of rotatable bonds is 8. The fourth-order valence-corrected chi connectivity index (χ4v) is 3.49. The molecular formula is C22H19F4N3O4. The average molecular weight is 465 g/mol. The Kier molecular flexibility index (Phi) is 6.32. The quantitative estimate of drug-likeness (QED) is 0.497. The van der Waals surface area contributed by atoms with Crippen molar-refractivity contribution in [3.05, 3.63) is 53.6 Å². The number of aromatic nitrogens is 2. The van der Waals surface area contributed by atoms with Gasteiger partial charge in [-0.2, -0.15) is 18.2 Å². The molecule has 174 valence electrons. The van der Waals surface area contributed by atoms with Crippen molar-refractivity contribution in [2.75, 3.05) is 26.4 Å². The molecule has 33 heavy (non-hydrogen) atoms. The number of carboxylic acids is 1. The van der Waals surface area contributed by atoms with Crippen LogP contribution in [0.5, 0.6) is 5.75 Å². The van der Waals surface area contributed by atoms with Crippen LogP contribution in [-0.4, -0.2) is 52.5 Å². The molecule has 0 aliphatic carbocycles. The summed E-state index contributed by atoms with van der Waals surface area (Å²) in [5.41, 5.74) is 0.578. The SMILES string of the molecule is O=C(O)C1CN(Cc2ccc(-c3noc(-c4ccc(OCCF)c(C(F)(F)F)c4)n3)cc2)C1. The van der Waals surface area contributed by atoms with Crippen molar-refractivity contribution < 1.29 is 36.7 Å². The number of carbonyl (C=O) groups is 1. The van der Waals surface area contributed by atoms with E-state index in [4.69, 9.17) is 14.4 Å². The zero-order valence-corrected chi connectivity index (χ0v) is 17.2. The van der Waals surface area contributed by atoms with Crippen molar-refractivity contribution in [1.82, 2.24) is 15.0 Å². The second-order valence-corrected chi connectivity index (χ2v) is 7.60. The zero-order valence-electron chi connectivity index (χ0n) is 17.2. The average Bonchev–Trinajstić information content (AvgIpc) is 3.24. The highest BCUT2D eigenvalue weighted by molar-refractivity contribution is 5.71. The second kappa shape index (κ2) is 9.18. The number of alkyl halides is 4. The van der Waals surface area contributed by atoms with Gasteiger partial charge in [0.25, 0.3) is 5.89 Å². The van der Waals surface area contributed by atoms with Crippen LogP contribution in [0.1, 0.15) is 11.1 Å². The van der Waals surface area contributed by atoms with E-state index >= 15 is 0 Å². The highest BCUT2D eigenvalue weighted by Gasteiger charge is 2.35. The lowest BCUT2D eigenvalue weighted by molar-refractivity contribution is -0.147. The largest absolute Gasteiger partial charge is 0.490 e. The maximum atomic E-state index is 13.4. The Hall–Kier alpha value is -3.47. The molecule has 1 aliphatic rings.